The fourth-order valence-corrected chi connectivity index (χ4v) is 3.79. The average molecular weight is 399 g/mol. The van der Waals surface area contributed by atoms with Crippen molar-refractivity contribution in [2.75, 3.05) is 24.8 Å². The van der Waals surface area contributed by atoms with Gasteiger partial charge >= 0.3 is 11.9 Å². The van der Waals surface area contributed by atoms with Crippen molar-refractivity contribution < 1.29 is 23.9 Å². The standard InChI is InChI=1S/C21H21NO5S/c1-26-21(25)17-7-2-3-8-18(17)22-19(23)12-27-20(24)13-28-16-10-9-14-5-4-6-15(14)11-16/h2-3,7-11H,4-6,12-13H2,1H3,(H,22,23). The molecule has 0 atom stereocenters. The molecule has 0 heterocycles. The van der Waals surface area contributed by atoms with Gasteiger partial charge in [0.1, 0.15) is 0 Å². The fourth-order valence-electron chi connectivity index (χ4n) is 3.03. The van der Waals surface area contributed by atoms with Crippen LogP contribution in [0.25, 0.3) is 0 Å². The number of para-hydroxylation sites is 1. The van der Waals surface area contributed by atoms with Crippen LogP contribution in [0, 0.1) is 0 Å². The lowest BCUT2D eigenvalue weighted by molar-refractivity contribution is -0.144. The maximum absolute atomic E-state index is 12.0. The minimum atomic E-state index is -0.557. The summed E-state index contributed by atoms with van der Waals surface area (Å²) in [5.74, 6) is -1.42. The number of anilines is 1. The van der Waals surface area contributed by atoms with Crippen molar-refractivity contribution in [3.63, 3.8) is 0 Å². The number of carbonyl (C=O) groups excluding carboxylic acids is 3. The molecule has 0 aromatic heterocycles. The molecule has 146 valence electrons. The number of ether oxygens (including phenoxy) is 2. The summed E-state index contributed by atoms with van der Waals surface area (Å²) in [6.45, 7) is -0.418. The van der Waals surface area contributed by atoms with Crippen LogP contribution in [0.3, 0.4) is 0 Å². The molecule has 0 saturated heterocycles. The van der Waals surface area contributed by atoms with Crippen LogP contribution in [0.1, 0.15) is 27.9 Å². The Bertz CT molecular complexity index is 896. The lowest BCUT2D eigenvalue weighted by Crippen LogP contribution is -2.22. The Balaban J connectivity index is 1.46. The van der Waals surface area contributed by atoms with Crippen LogP contribution in [0.2, 0.25) is 0 Å². The maximum Gasteiger partial charge on any atom is 0.339 e. The van der Waals surface area contributed by atoms with E-state index in [1.807, 2.05) is 6.07 Å². The van der Waals surface area contributed by atoms with Gasteiger partial charge in [0, 0.05) is 4.90 Å². The Morgan fingerprint density at radius 3 is 2.68 bits per heavy atom. The topological polar surface area (TPSA) is 81.7 Å². The molecule has 1 N–H and O–H groups in total. The van der Waals surface area contributed by atoms with Crippen LogP contribution >= 0.6 is 11.8 Å². The van der Waals surface area contributed by atoms with Gasteiger partial charge in [-0.05, 0) is 54.7 Å². The van der Waals surface area contributed by atoms with E-state index < -0.39 is 24.5 Å². The van der Waals surface area contributed by atoms with Gasteiger partial charge in [-0.25, -0.2) is 4.79 Å². The number of rotatable bonds is 7. The third-order valence-corrected chi connectivity index (χ3v) is 5.36. The first kappa shape index (κ1) is 19.9. The smallest absolute Gasteiger partial charge is 0.339 e. The first-order valence-electron chi connectivity index (χ1n) is 8.94. The van der Waals surface area contributed by atoms with Gasteiger partial charge in [-0.2, -0.15) is 0 Å². The molecule has 3 rings (SSSR count). The molecule has 1 aliphatic rings. The Hall–Kier alpha value is -2.80. The second kappa shape index (κ2) is 9.41. The number of carbonyl (C=O) groups is 3. The summed E-state index contributed by atoms with van der Waals surface area (Å²) >= 11 is 1.39. The predicted molar refractivity (Wildman–Crippen MR) is 107 cm³/mol. The molecule has 1 amide bonds. The van der Waals surface area contributed by atoms with Gasteiger partial charge < -0.3 is 14.8 Å². The summed E-state index contributed by atoms with van der Waals surface area (Å²) < 4.78 is 9.71. The van der Waals surface area contributed by atoms with E-state index in [4.69, 9.17) is 4.74 Å². The summed E-state index contributed by atoms with van der Waals surface area (Å²) in [7, 11) is 1.27. The van der Waals surface area contributed by atoms with Gasteiger partial charge in [-0.1, -0.05) is 18.2 Å². The molecule has 7 heteroatoms. The Morgan fingerprint density at radius 1 is 1.07 bits per heavy atom. The van der Waals surface area contributed by atoms with E-state index in [9.17, 15) is 14.4 Å². The van der Waals surface area contributed by atoms with Crippen LogP contribution in [-0.2, 0) is 31.9 Å². The summed E-state index contributed by atoms with van der Waals surface area (Å²) in [5.41, 5.74) is 3.28. The van der Waals surface area contributed by atoms with Gasteiger partial charge in [0.05, 0.1) is 24.1 Å². The highest BCUT2D eigenvalue weighted by Crippen LogP contribution is 2.27. The normalized spacial score (nSPS) is 12.2. The molecule has 6 nitrogen and oxygen atoms in total. The minimum Gasteiger partial charge on any atom is -0.465 e. The molecule has 0 spiro atoms. The van der Waals surface area contributed by atoms with Gasteiger partial charge in [0.15, 0.2) is 6.61 Å². The van der Waals surface area contributed by atoms with E-state index >= 15 is 0 Å². The van der Waals surface area contributed by atoms with Crippen LogP contribution in [0.4, 0.5) is 5.69 Å². The second-order valence-corrected chi connectivity index (χ2v) is 7.37. The van der Waals surface area contributed by atoms with Crippen molar-refractivity contribution in [1.29, 1.82) is 0 Å². The zero-order valence-corrected chi connectivity index (χ0v) is 16.3. The van der Waals surface area contributed by atoms with E-state index in [1.54, 1.807) is 24.3 Å². The molecule has 2 aromatic rings. The highest BCUT2D eigenvalue weighted by atomic mass is 32.2. The number of thioether (sulfide) groups is 1. The van der Waals surface area contributed by atoms with E-state index in [2.05, 4.69) is 22.2 Å². The number of fused-ring (bicyclic) bond motifs is 1. The number of methoxy groups -OCH3 is 1. The summed E-state index contributed by atoms with van der Waals surface area (Å²) in [4.78, 5) is 36.7. The highest BCUT2D eigenvalue weighted by Gasteiger charge is 2.15. The molecule has 28 heavy (non-hydrogen) atoms. The number of aryl methyl sites for hydroxylation is 2. The fraction of sp³-hybridized carbons (Fsp3) is 0.286. The summed E-state index contributed by atoms with van der Waals surface area (Å²) in [6, 6.07) is 12.7. The van der Waals surface area contributed by atoms with Crippen molar-refractivity contribution in [2.24, 2.45) is 0 Å². The molecule has 1 aliphatic carbocycles. The minimum absolute atomic E-state index is 0.130. The number of hydrogen-bond acceptors (Lipinski definition) is 6. The van der Waals surface area contributed by atoms with Crippen LogP contribution < -0.4 is 5.32 Å². The zero-order valence-electron chi connectivity index (χ0n) is 15.5. The van der Waals surface area contributed by atoms with Crippen LogP contribution in [-0.4, -0.2) is 37.3 Å². The lowest BCUT2D eigenvalue weighted by atomic mass is 10.1. The number of amides is 1. The molecule has 0 fully saturated rings. The second-order valence-electron chi connectivity index (χ2n) is 6.32. The molecule has 2 aromatic carbocycles. The Kier molecular flexibility index (Phi) is 6.71. The first-order chi connectivity index (χ1) is 13.6. The van der Waals surface area contributed by atoms with Crippen LogP contribution in [0.15, 0.2) is 47.4 Å². The van der Waals surface area contributed by atoms with Gasteiger partial charge in [0.2, 0.25) is 0 Å². The first-order valence-corrected chi connectivity index (χ1v) is 9.93. The van der Waals surface area contributed by atoms with Crippen molar-refractivity contribution in [3.8, 4) is 0 Å². The molecule has 0 aliphatic heterocycles. The largest absolute Gasteiger partial charge is 0.465 e. The van der Waals surface area contributed by atoms with E-state index in [-0.39, 0.29) is 11.3 Å². The lowest BCUT2D eigenvalue weighted by Gasteiger charge is -2.10. The molecule has 0 radical (unpaired) electrons. The number of benzene rings is 2. The molecule has 0 unspecified atom stereocenters. The van der Waals surface area contributed by atoms with E-state index in [1.165, 1.54) is 36.4 Å². The molecular weight excluding hydrogens is 378 g/mol. The van der Waals surface area contributed by atoms with Crippen molar-refractivity contribution >= 4 is 35.3 Å². The van der Waals surface area contributed by atoms with Gasteiger partial charge in [-0.3, -0.25) is 9.59 Å². The van der Waals surface area contributed by atoms with Crippen molar-refractivity contribution in [2.45, 2.75) is 24.2 Å². The summed E-state index contributed by atoms with van der Waals surface area (Å²) in [5, 5.41) is 2.56. The number of nitrogens with one attached hydrogen (secondary N) is 1. The SMILES string of the molecule is COC(=O)c1ccccc1NC(=O)COC(=O)CSc1ccc2c(c1)CCC2. The Morgan fingerprint density at radius 2 is 1.86 bits per heavy atom. The number of esters is 2. The molecule has 0 bridgehead atoms. The van der Waals surface area contributed by atoms with Crippen LogP contribution in [0.5, 0.6) is 0 Å². The Labute approximate surface area is 167 Å². The predicted octanol–water partition coefficient (Wildman–Crippen LogP) is 3.24. The average Bonchev–Trinajstić information content (AvgIpc) is 3.18. The monoisotopic (exact) mass is 399 g/mol. The van der Waals surface area contributed by atoms with Gasteiger partial charge in [-0.15, -0.1) is 11.8 Å². The quantitative estimate of drug-likeness (QED) is 0.569. The maximum atomic E-state index is 12.0. The van der Waals surface area contributed by atoms with E-state index in [0.29, 0.717) is 5.69 Å². The molecule has 0 saturated carbocycles. The number of hydrogen-bond donors (Lipinski definition) is 1. The van der Waals surface area contributed by atoms with Crippen molar-refractivity contribution in [1.82, 2.24) is 0 Å². The summed E-state index contributed by atoms with van der Waals surface area (Å²) in [6.07, 6.45) is 3.39. The van der Waals surface area contributed by atoms with E-state index in [0.717, 1.165) is 17.7 Å². The third kappa shape index (κ3) is 5.13. The van der Waals surface area contributed by atoms with Gasteiger partial charge in [0.25, 0.3) is 5.91 Å². The molecular formula is C21H21NO5S. The third-order valence-electron chi connectivity index (χ3n) is 4.40. The highest BCUT2D eigenvalue weighted by molar-refractivity contribution is 8.00. The van der Waals surface area contributed by atoms with Crippen molar-refractivity contribution in [3.05, 3.63) is 59.2 Å². The zero-order chi connectivity index (χ0) is 19.9.